The van der Waals surface area contributed by atoms with Crippen LogP contribution in [0.3, 0.4) is 0 Å². The number of nitrogens with one attached hydrogen (secondary N) is 1. The van der Waals surface area contributed by atoms with Crippen molar-refractivity contribution in [1.29, 1.82) is 0 Å². The number of para-hydroxylation sites is 1. The average molecular weight is 406 g/mol. The van der Waals surface area contributed by atoms with Crippen LogP contribution in [0.25, 0.3) is 0 Å². The third-order valence-electron chi connectivity index (χ3n) is 4.45. The van der Waals surface area contributed by atoms with Gasteiger partial charge in [0.2, 0.25) is 10.0 Å². The number of nitrogens with zero attached hydrogens (tertiary/aromatic N) is 2. The molecule has 0 unspecified atom stereocenters. The summed E-state index contributed by atoms with van der Waals surface area (Å²) in [6.07, 6.45) is 0. The molecule has 0 aliphatic heterocycles. The molecule has 1 atom stereocenters. The van der Waals surface area contributed by atoms with Crippen molar-refractivity contribution in [2.24, 2.45) is 0 Å². The molecule has 0 bridgehead atoms. The largest absolute Gasteiger partial charge is 0.496 e. The smallest absolute Gasteiger partial charge is 0.251 e. The van der Waals surface area contributed by atoms with Gasteiger partial charge in [-0.25, -0.2) is 12.7 Å². The minimum absolute atomic E-state index is 0.0824. The van der Waals surface area contributed by atoms with E-state index in [2.05, 4.69) is 5.32 Å². The van der Waals surface area contributed by atoms with E-state index in [9.17, 15) is 13.2 Å². The normalized spacial score (nSPS) is 12.8. The SMILES string of the molecule is COc1ccccc1[C@H](CNC(=O)c1cccc(S(=O)(=O)N(C)C)c1)N(C)C. The fraction of sp³-hybridized carbons (Fsp3) is 0.350. The molecule has 0 aliphatic rings. The highest BCUT2D eigenvalue weighted by Crippen LogP contribution is 2.27. The third-order valence-corrected chi connectivity index (χ3v) is 6.26. The van der Waals surface area contributed by atoms with Crippen molar-refractivity contribution in [2.75, 3.05) is 41.8 Å². The molecule has 1 N–H and O–H groups in total. The lowest BCUT2D eigenvalue weighted by Gasteiger charge is -2.26. The quantitative estimate of drug-likeness (QED) is 0.727. The van der Waals surface area contributed by atoms with E-state index in [0.29, 0.717) is 12.1 Å². The van der Waals surface area contributed by atoms with Gasteiger partial charge >= 0.3 is 0 Å². The first kappa shape index (κ1) is 21.9. The monoisotopic (exact) mass is 405 g/mol. The summed E-state index contributed by atoms with van der Waals surface area (Å²) in [7, 11) is 4.77. The van der Waals surface area contributed by atoms with Crippen LogP contribution in [0.15, 0.2) is 53.4 Å². The topological polar surface area (TPSA) is 78.9 Å². The van der Waals surface area contributed by atoms with Crippen LogP contribution >= 0.6 is 0 Å². The second-order valence-electron chi connectivity index (χ2n) is 6.75. The summed E-state index contributed by atoms with van der Waals surface area (Å²) >= 11 is 0. The van der Waals surface area contributed by atoms with Crippen LogP contribution in [-0.2, 0) is 10.0 Å². The van der Waals surface area contributed by atoms with Crippen LogP contribution in [-0.4, -0.2) is 65.4 Å². The highest BCUT2D eigenvalue weighted by molar-refractivity contribution is 7.89. The first-order chi connectivity index (χ1) is 13.2. The van der Waals surface area contributed by atoms with Gasteiger partial charge in [-0.3, -0.25) is 4.79 Å². The molecule has 28 heavy (non-hydrogen) atoms. The summed E-state index contributed by atoms with van der Waals surface area (Å²) in [6.45, 7) is 0.344. The summed E-state index contributed by atoms with van der Waals surface area (Å²) < 4.78 is 31.1. The summed E-state index contributed by atoms with van der Waals surface area (Å²) in [5.41, 5.74) is 1.25. The first-order valence-corrected chi connectivity index (χ1v) is 10.2. The van der Waals surface area contributed by atoms with E-state index in [0.717, 1.165) is 15.6 Å². The van der Waals surface area contributed by atoms with Gasteiger partial charge in [0.1, 0.15) is 5.75 Å². The third kappa shape index (κ3) is 4.89. The second kappa shape index (κ2) is 9.18. The molecule has 2 aromatic rings. The number of hydrogen-bond donors (Lipinski definition) is 1. The minimum atomic E-state index is -3.60. The predicted molar refractivity (Wildman–Crippen MR) is 109 cm³/mol. The molecule has 8 heteroatoms. The molecule has 0 fully saturated rings. The summed E-state index contributed by atoms with van der Waals surface area (Å²) in [5, 5.41) is 2.89. The predicted octanol–water partition coefficient (Wildman–Crippen LogP) is 1.98. The lowest BCUT2D eigenvalue weighted by Crippen LogP contribution is -2.34. The Balaban J connectivity index is 2.20. The number of benzene rings is 2. The fourth-order valence-electron chi connectivity index (χ4n) is 2.81. The molecule has 0 radical (unpaired) electrons. The molecule has 0 saturated heterocycles. The fourth-order valence-corrected chi connectivity index (χ4v) is 3.76. The number of carbonyl (C=O) groups excluding carboxylic acids is 1. The van der Waals surface area contributed by atoms with Crippen LogP contribution in [0.1, 0.15) is 22.0 Å². The van der Waals surface area contributed by atoms with E-state index in [1.165, 1.54) is 26.2 Å². The van der Waals surface area contributed by atoms with E-state index in [1.807, 2.05) is 43.3 Å². The molecule has 0 saturated carbocycles. The lowest BCUT2D eigenvalue weighted by molar-refractivity contribution is 0.0941. The van der Waals surface area contributed by atoms with Crippen molar-refractivity contribution in [3.8, 4) is 5.75 Å². The van der Waals surface area contributed by atoms with E-state index in [1.54, 1.807) is 19.2 Å². The van der Waals surface area contributed by atoms with Crippen molar-refractivity contribution in [3.05, 3.63) is 59.7 Å². The maximum absolute atomic E-state index is 12.6. The summed E-state index contributed by atoms with van der Waals surface area (Å²) in [4.78, 5) is 14.7. The number of carbonyl (C=O) groups is 1. The van der Waals surface area contributed by atoms with Gasteiger partial charge in [-0.15, -0.1) is 0 Å². The van der Waals surface area contributed by atoms with Gasteiger partial charge in [-0.2, -0.15) is 0 Å². The van der Waals surface area contributed by atoms with Crippen LogP contribution in [0.5, 0.6) is 5.75 Å². The Morgan fingerprint density at radius 1 is 1.07 bits per heavy atom. The number of amides is 1. The maximum atomic E-state index is 12.6. The molecular weight excluding hydrogens is 378 g/mol. The molecule has 7 nitrogen and oxygen atoms in total. The Morgan fingerprint density at radius 2 is 1.75 bits per heavy atom. The maximum Gasteiger partial charge on any atom is 0.251 e. The van der Waals surface area contributed by atoms with E-state index in [-0.39, 0.29) is 16.8 Å². The van der Waals surface area contributed by atoms with Crippen LogP contribution in [0.2, 0.25) is 0 Å². The van der Waals surface area contributed by atoms with Crippen LogP contribution < -0.4 is 10.1 Å². The molecule has 0 aliphatic carbocycles. The first-order valence-electron chi connectivity index (χ1n) is 8.78. The van der Waals surface area contributed by atoms with E-state index >= 15 is 0 Å². The molecule has 2 rings (SSSR count). The van der Waals surface area contributed by atoms with Gasteiger partial charge in [0.25, 0.3) is 5.91 Å². The van der Waals surface area contributed by atoms with Gasteiger partial charge < -0.3 is 15.0 Å². The van der Waals surface area contributed by atoms with Gasteiger partial charge in [-0.05, 0) is 38.4 Å². The summed E-state index contributed by atoms with van der Waals surface area (Å²) in [6, 6.07) is 13.6. The van der Waals surface area contributed by atoms with Crippen molar-refractivity contribution in [1.82, 2.24) is 14.5 Å². The number of sulfonamides is 1. The molecule has 2 aromatic carbocycles. The van der Waals surface area contributed by atoms with Gasteiger partial charge in [0, 0.05) is 31.8 Å². The highest BCUT2D eigenvalue weighted by Gasteiger charge is 2.21. The van der Waals surface area contributed by atoms with Gasteiger partial charge in [0.05, 0.1) is 18.0 Å². The Kier molecular flexibility index (Phi) is 7.17. The average Bonchev–Trinajstić information content (AvgIpc) is 2.68. The van der Waals surface area contributed by atoms with E-state index in [4.69, 9.17) is 4.74 Å². The molecule has 152 valence electrons. The Hall–Kier alpha value is -2.42. The zero-order chi connectivity index (χ0) is 20.9. The minimum Gasteiger partial charge on any atom is -0.496 e. The Labute approximate surface area is 167 Å². The number of methoxy groups -OCH3 is 1. The lowest BCUT2D eigenvalue weighted by atomic mass is 10.0. The van der Waals surface area contributed by atoms with Crippen LogP contribution in [0.4, 0.5) is 0 Å². The Bertz CT molecular complexity index is 927. The molecule has 0 heterocycles. The van der Waals surface area contributed by atoms with Crippen molar-refractivity contribution < 1.29 is 17.9 Å². The van der Waals surface area contributed by atoms with Gasteiger partial charge in [0.15, 0.2) is 0 Å². The zero-order valence-corrected chi connectivity index (χ0v) is 17.7. The number of hydrogen-bond acceptors (Lipinski definition) is 5. The second-order valence-corrected chi connectivity index (χ2v) is 8.90. The molecule has 0 aromatic heterocycles. The zero-order valence-electron chi connectivity index (χ0n) is 16.8. The van der Waals surface area contributed by atoms with Crippen molar-refractivity contribution >= 4 is 15.9 Å². The standard InChI is InChI=1S/C20H27N3O4S/c1-22(2)18(17-11-6-7-12-19(17)27-5)14-21-20(24)15-9-8-10-16(13-15)28(25,26)23(3)4/h6-13,18H,14H2,1-5H3,(H,21,24)/t18-/m0/s1. The van der Waals surface area contributed by atoms with Gasteiger partial charge in [-0.1, -0.05) is 24.3 Å². The summed E-state index contributed by atoms with van der Waals surface area (Å²) in [5.74, 6) is 0.409. The molecule has 1 amide bonds. The van der Waals surface area contributed by atoms with E-state index < -0.39 is 10.0 Å². The number of ether oxygens (including phenoxy) is 1. The molecular formula is C20H27N3O4S. The number of rotatable bonds is 8. The number of likely N-dealkylation sites (N-methyl/N-ethyl adjacent to an activating group) is 1. The van der Waals surface area contributed by atoms with Crippen molar-refractivity contribution in [3.63, 3.8) is 0 Å². The highest BCUT2D eigenvalue weighted by atomic mass is 32.2. The Morgan fingerprint density at radius 3 is 2.36 bits per heavy atom. The van der Waals surface area contributed by atoms with Crippen molar-refractivity contribution in [2.45, 2.75) is 10.9 Å². The van der Waals surface area contributed by atoms with Crippen LogP contribution in [0, 0.1) is 0 Å². The molecule has 0 spiro atoms.